The molecule has 3 N–H and O–H groups in total. The minimum absolute atomic E-state index is 0.537. The van der Waals surface area contributed by atoms with Gasteiger partial charge in [-0.2, -0.15) is 0 Å². The van der Waals surface area contributed by atoms with Gasteiger partial charge in [0.25, 0.3) is 0 Å². The second kappa shape index (κ2) is 2.94. The van der Waals surface area contributed by atoms with E-state index in [1.807, 2.05) is 0 Å². The number of benzene rings is 1. The lowest BCUT2D eigenvalue weighted by molar-refractivity contribution is -0.00794. The molecule has 1 aliphatic heterocycles. The number of nitrogen functional groups attached to an aromatic ring is 1. The number of aliphatic hydroxyl groups is 1. The molecular formula is C8H9BNO3. The standard InChI is InChI=1S/C8H9BNO3/c1-12-7-5(10)3-2-4-6(7)9-13-8(4)11/h2-3,8,11H,10H2,1H3. The predicted molar refractivity (Wildman–Crippen MR) is 48.8 cm³/mol. The van der Waals surface area contributed by atoms with Gasteiger partial charge >= 0.3 is 7.48 Å². The lowest BCUT2D eigenvalue weighted by atomic mass is 9.85. The highest BCUT2D eigenvalue weighted by Gasteiger charge is 2.26. The van der Waals surface area contributed by atoms with Crippen LogP contribution >= 0.6 is 0 Å². The van der Waals surface area contributed by atoms with Crippen LogP contribution in [0.4, 0.5) is 5.69 Å². The van der Waals surface area contributed by atoms with Gasteiger partial charge in [0, 0.05) is 5.56 Å². The number of aliphatic hydroxyl groups excluding tert-OH is 1. The topological polar surface area (TPSA) is 64.7 Å². The maximum atomic E-state index is 9.34. The molecule has 4 nitrogen and oxygen atoms in total. The zero-order valence-corrected chi connectivity index (χ0v) is 7.15. The van der Waals surface area contributed by atoms with Crippen molar-refractivity contribution in [2.24, 2.45) is 0 Å². The summed E-state index contributed by atoms with van der Waals surface area (Å²) in [5.41, 5.74) is 7.61. The average Bonchev–Trinajstić information content (AvgIpc) is 2.48. The molecule has 2 rings (SSSR count). The summed E-state index contributed by atoms with van der Waals surface area (Å²) in [6.07, 6.45) is -0.899. The maximum absolute atomic E-state index is 9.34. The monoisotopic (exact) mass is 178 g/mol. The molecule has 0 aliphatic carbocycles. The van der Waals surface area contributed by atoms with Crippen molar-refractivity contribution < 1.29 is 14.5 Å². The first-order chi connectivity index (χ1) is 6.24. The Balaban J connectivity index is 2.57. The third kappa shape index (κ3) is 1.17. The van der Waals surface area contributed by atoms with Gasteiger partial charge < -0.3 is 20.2 Å². The molecule has 0 fully saturated rings. The molecule has 1 radical (unpaired) electrons. The van der Waals surface area contributed by atoms with Crippen molar-refractivity contribution in [2.75, 3.05) is 12.8 Å². The van der Waals surface area contributed by atoms with E-state index in [1.165, 1.54) is 14.6 Å². The van der Waals surface area contributed by atoms with Gasteiger partial charge in [-0.1, -0.05) is 6.07 Å². The lowest BCUT2D eigenvalue weighted by Gasteiger charge is -2.09. The van der Waals surface area contributed by atoms with Crippen molar-refractivity contribution >= 4 is 18.6 Å². The van der Waals surface area contributed by atoms with Gasteiger partial charge in [0.15, 0.2) is 6.29 Å². The van der Waals surface area contributed by atoms with Crippen LogP contribution in [0.25, 0.3) is 0 Å². The van der Waals surface area contributed by atoms with Gasteiger partial charge in [0.1, 0.15) is 5.75 Å². The average molecular weight is 178 g/mol. The second-order valence-electron chi connectivity index (χ2n) is 2.80. The molecule has 1 atom stereocenters. The van der Waals surface area contributed by atoms with E-state index in [1.54, 1.807) is 12.1 Å². The van der Waals surface area contributed by atoms with E-state index in [9.17, 15) is 5.11 Å². The molecule has 1 unspecified atom stereocenters. The number of rotatable bonds is 1. The van der Waals surface area contributed by atoms with Crippen LogP contribution in [0.5, 0.6) is 5.75 Å². The molecule has 67 valence electrons. The summed E-state index contributed by atoms with van der Waals surface area (Å²) in [5, 5.41) is 9.34. The van der Waals surface area contributed by atoms with Crippen LogP contribution in [-0.4, -0.2) is 19.7 Å². The van der Waals surface area contributed by atoms with E-state index in [4.69, 9.17) is 15.1 Å². The largest absolute Gasteiger partial charge is 0.495 e. The zero-order valence-electron chi connectivity index (χ0n) is 7.15. The van der Waals surface area contributed by atoms with Gasteiger partial charge in [-0.05, 0) is 11.5 Å². The Bertz CT molecular complexity index is 342. The summed E-state index contributed by atoms with van der Waals surface area (Å²) in [4.78, 5) is 0. The van der Waals surface area contributed by atoms with Gasteiger partial charge in [0.2, 0.25) is 0 Å². The summed E-state index contributed by atoms with van der Waals surface area (Å²) in [6.45, 7) is 0. The van der Waals surface area contributed by atoms with E-state index in [2.05, 4.69) is 0 Å². The third-order valence-corrected chi connectivity index (χ3v) is 2.05. The predicted octanol–water partition coefficient (Wildman–Crippen LogP) is -0.457. The van der Waals surface area contributed by atoms with E-state index in [0.717, 1.165) is 5.46 Å². The number of nitrogens with two attached hydrogens (primary N) is 1. The lowest BCUT2D eigenvalue weighted by Crippen LogP contribution is -2.16. The van der Waals surface area contributed by atoms with Crippen molar-refractivity contribution in [1.29, 1.82) is 0 Å². The minimum Gasteiger partial charge on any atom is -0.495 e. The van der Waals surface area contributed by atoms with E-state index < -0.39 is 6.29 Å². The second-order valence-corrected chi connectivity index (χ2v) is 2.80. The van der Waals surface area contributed by atoms with Crippen LogP contribution in [0.15, 0.2) is 12.1 Å². The van der Waals surface area contributed by atoms with Crippen molar-refractivity contribution in [1.82, 2.24) is 0 Å². The molecule has 0 amide bonds. The van der Waals surface area contributed by atoms with Crippen LogP contribution in [0.1, 0.15) is 11.9 Å². The molecule has 13 heavy (non-hydrogen) atoms. The Hall–Kier alpha value is -1.20. The van der Waals surface area contributed by atoms with Crippen molar-refractivity contribution in [2.45, 2.75) is 6.29 Å². The number of ether oxygens (including phenoxy) is 1. The number of anilines is 1. The smallest absolute Gasteiger partial charge is 0.338 e. The Kier molecular flexibility index (Phi) is 1.90. The molecule has 0 aromatic heterocycles. The van der Waals surface area contributed by atoms with Crippen molar-refractivity contribution in [3.63, 3.8) is 0 Å². The molecule has 1 aromatic carbocycles. The summed E-state index contributed by atoms with van der Waals surface area (Å²) in [7, 11) is 2.99. The fourth-order valence-corrected chi connectivity index (χ4v) is 1.40. The van der Waals surface area contributed by atoms with Crippen LogP contribution in [0.2, 0.25) is 0 Å². The maximum Gasteiger partial charge on any atom is 0.338 e. The van der Waals surface area contributed by atoms with Crippen LogP contribution in [0, 0.1) is 0 Å². The molecule has 0 saturated carbocycles. The molecular weight excluding hydrogens is 169 g/mol. The zero-order chi connectivity index (χ0) is 9.42. The van der Waals surface area contributed by atoms with Crippen LogP contribution in [-0.2, 0) is 4.65 Å². The van der Waals surface area contributed by atoms with Gasteiger partial charge in [-0.25, -0.2) is 0 Å². The van der Waals surface area contributed by atoms with Crippen molar-refractivity contribution in [3.05, 3.63) is 17.7 Å². The Morgan fingerprint density at radius 1 is 1.62 bits per heavy atom. The SMILES string of the molecule is COc1c(N)ccc2c1[B]OC2O. The first-order valence-electron chi connectivity index (χ1n) is 3.87. The molecule has 5 heteroatoms. The first kappa shape index (κ1) is 8.41. The van der Waals surface area contributed by atoms with E-state index in [-0.39, 0.29) is 0 Å². The Morgan fingerprint density at radius 3 is 3.08 bits per heavy atom. The number of methoxy groups -OCH3 is 1. The molecule has 0 spiro atoms. The fraction of sp³-hybridized carbons (Fsp3) is 0.250. The third-order valence-electron chi connectivity index (χ3n) is 2.05. The number of fused-ring (bicyclic) bond motifs is 1. The Morgan fingerprint density at radius 2 is 2.38 bits per heavy atom. The molecule has 1 aromatic rings. The molecule has 0 bridgehead atoms. The van der Waals surface area contributed by atoms with Gasteiger partial charge in [-0.3, -0.25) is 0 Å². The van der Waals surface area contributed by atoms with E-state index in [0.29, 0.717) is 17.0 Å². The number of hydrogen-bond acceptors (Lipinski definition) is 4. The summed E-state index contributed by atoms with van der Waals surface area (Å²) >= 11 is 0. The van der Waals surface area contributed by atoms with Crippen LogP contribution in [0.3, 0.4) is 0 Å². The molecule has 0 saturated heterocycles. The minimum atomic E-state index is -0.899. The highest BCUT2D eigenvalue weighted by Crippen LogP contribution is 2.27. The van der Waals surface area contributed by atoms with Crippen molar-refractivity contribution in [3.8, 4) is 5.75 Å². The normalized spacial score (nSPS) is 19.4. The number of hydrogen-bond donors (Lipinski definition) is 2. The van der Waals surface area contributed by atoms with Gasteiger partial charge in [-0.15, -0.1) is 0 Å². The molecule has 1 aliphatic rings. The quantitative estimate of drug-likeness (QED) is 0.451. The molecule has 1 heterocycles. The summed E-state index contributed by atoms with van der Waals surface area (Å²) in [6, 6.07) is 3.41. The van der Waals surface area contributed by atoms with Crippen LogP contribution < -0.4 is 15.9 Å². The Labute approximate surface area is 76.5 Å². The summed E-state index contributed by atoms with van der Waals surface area (Å²) in [5.74, 6) is 0.550. The highest BCUT2D eigenvalue weighted by atomic mass is 16.6. The summed E-state index contributed by atoms with van der Waals surface area (Å²) < 4.78 is 10.0. The highest BCUT2D eigenvalue weighted by molar-refractivity contribution is 6.50. The first-order valence-corrected chi connectivity index (χ1v) is 3.87. The fourth-order valence-electron chi connectivity index (χ4n) is 1.40. The van der Waals surface area contributed by atoms with E-state index >= 15 is 0 Å². The van der Waals surface area contributed by atoms with Gasteiger partial charge in [0.05, 0.1) is 12.8 Å².